The average Bonchev–Trinajstić information content (AvgIpc) is 3.23. The van der Waals surface area contributed by atoms with Gasteiger partial charge in [0.1, 0.15) is 11.8 Å². The van der Waals surface area contributed by atoms with E-state index in [4.69, 9.17) is 15.4 Å². The molecular weight excluding hydrogens is 294 g/mol. The summed E-state index contributed by atoms with van der Waals surface area (Å²) in [7, 11) is 0. The smallest absolute Gasteiger partial charge is 0.298 e. The van der Waals surface area contributed by atoms with Gasteiger partial charge in [0, 0.05) is 25.7 Å². The Balaban J connectivity index is 1.87. The molecule has 1 N–H and O–H groups in total. The van der Waals surface area contributed by atoms with E-state index in [0.717, 1.165) is 19.6 Å². The van der Waals surface area contributed by atoms with Crippen molar-refractivity contribution in [1.29, 1.82) is 0 Å². The zero-order valence-corrected chi connectivity index (χ0v) is 12.6. The SMILES string of the molecule is [C-]#[N+]c1cc(-c2ncco2)c2oc(N3CCNC[C@@H]3C)nc2c1. The number of hydrogen-bond donors (Lipinski definition) is 1. The van der Waals surface area contributed by atoms with Gasteiger partial charge in [0.25, 0.3) is 6.01 Å². The highest BCUT2D eigenvalue weighted by Gasteiger charge is 2.24. The van der Waals surface area contributed by atoms with E-state index in [1.54, 1.807) is 18.3 Å². The first kappa shape index (κ1) is 13.8. The second-order valence-corrected chi connectivity index (χ2v) is 5.53. The fraction of sp³-hybridized carbons (Fsp3) is 0.312. The first-order valence-corrected chi connectivity index (χ1v) is 7.45. The zero-order valence-electron chi connectivity index (χ0n) is 12.6. The number of nitrogens with one attached hydrogen (secondary N) is 1. The molecule has 1 atom stereocenters. The maximum absolute atomic E-state index is 7.27. The monoisotopic (exact) mass is 309 g/mol. The lowest BCUT2D eigenvalue weighted by Gasteiger charge is -2.32. The molecule has 0 saturated carbocycles. The highest BCUT2D eigenvalue weighted by molar-refractivity contribution is 5.92. The number of piperazine rings is 1. The Morgan fingerprint density at radius 1 is 1.43 bits per heavy atom. The van der Waals surface area contributed by atoms with E-state index in [1.165, 1.54) is 6.26 Å². The van der Waals surface area contributed by atoms with Crippen LogP contribution in [0, 0.1) is 6.57 Å². The molecular formula is C16H15N5O2. The highest BCUT2D eigenvalue weighted by atomic mass is 16.4. The van der Waals surface area contributed by atoms with Gasteiger partial charge in [-0.15, -0.1) is 0 Å². The van der Waals surface area contributed by atoms with Crippen molar-refractivity contribution in [3.8, 4) is 11.5 Å². The maximum Gasteiger partial charge on any atom is 0.298 e. The third kappa shape index (κ3) is 2.33. The number of aromatic nitrogens is 2. The number of rotatable bonds is 2. The Bertz CT molecular complexity index is 878. The lowest BCUT2D eigenvalue weighted by atomic mass is 10.1. The minimum atomic E-state index is 0.294. The van der Waals surface area contributed by atoms with E-state index in [0.29, 0.717) is 40.3 Å². The van der Waals surface area contributed by atoms with Crippen molar-refractivity contribution in [3.63, 3.8) is 0 Å². The van der Waals surface area contributed by atoms with Gasteiger partial charge in [-0.05, 0) is 19.1 Å². The predicted molar refractivity (Wildman–Crippen MR) is 85.4 cm³/mol. The van der Waals surface area contributed by atoms with Crippen molar-refractivity contribution >= 4 is 22.8 Å². The van der Waals surface area contributed by atoms with E-state index < -0.39 is 0 Å². The summed E-state index contributed by atoms with van der Waals surface area (Å²) in [4.78, 5) is 14.4. The Hall–Kier alpha value is -2.85. The van der Waals surface area contributed by atoms with Crippen LogP contribution in [0.4, 0.5) is 11.7 Å². The summed E-state index contributed by atoms with van der Waals surface area (Å²) in [6.45, 7) is 12.0. The first-order chi connectivity index (χ1) is 11.3. The van der Waals surface area contributed by atoms with E-state index in [-0.39, 0.29) is 0 Å². The highest BCUT2D eigenvalue weighted by Crippen LogP contribution is 2.35. The van der Waals surface area contributed by atoms with Crippen molar-refractivity contribution in [1.82, 2.24) is 15.3 Å². The Morgan fingerprint density at radius 3 is 3.09 bits per heavy atom. The zero-order chi connectivity index (χ0) is 15.8. The summed E-state index contributed by atoms with van der Waals surface area (Å²) in [5.41, 5.74) is 2.38. The summed E-state index contributed by atoms with van der Waals surface area (Å²) in [6.07, 6.45) is 3.07. The van der Waals surface area contributed by atoms with Crippen molar-refractivity contribution in [2.75, 3.05) is 24.5 Å². The van der Waals surface area contributed by atoms with Crippen molar-refractivity contribution in [2.24, 2.45) is 0 Å². The van der Waals surface area contributed by atoms with Crippen LogP contribution < -0.4 is 10.2 Å². The normalized spacial score (nSPS) is 18.3. The van der Waals surface area contributed by atoms with Crippen molar-refractivity contribution in [3.05, 3.63) is 36.0 Å². The molecule has 1 saturated heterocycles. The number of benzene rings is 1. The first-order valence-electron chi connectivity index (χ1n) is 7.45. The van der Waals surface area contributed by atoms with Crippen LogP contribution in [0.25, 0.3) is 27.4 Å². The van der Waals surface area contributed by atoms with Gasteiger partial charge in [0.2, 0.25) is 5.89 Å². The summed E-state index contributed by atoms with van der Waals surface area (Å²) in [5, 5.41) is 3.34. The lowest BCUT2D eigenvalue weighted by Crippen LogP contribution is -2.50. The molecule has 0 bridgehead atoms. The van der Waals surface area contributed by atoms with E-state index in [1.807, 2.05) is 0 Å². The molecule has 4 rings (SSSR count). The molecule has 0 radical (unpaired) electrons. The van der Waals surface area contributed by atoms with Gasteiger partial charge >= 0.3 is 0 Å². The van der Waals surface area contributed by atoms with Gasteiger partial charge < -0.3 is 19.1 Å². The third-order valence-corrected chi connectivity index (χ3v) is 4.00. The van der Waals surface area contributed by atoms with Gasteiger partial charge in [-0.25, -0.2) is 9.83 Å². The van der Waals surface area contributed by atoms with Crippen LogP contribution in [-0.2, 0) is 0 Å². The molecule has 1 aliphatic rings. The molecule has 2 aromatic heterocycles. The molecule has 0 amide bonds. The molecule has 1 aliphatic heterocycles. The summed E-state index contributed by atoms with van der Waals surface area (Å²) >= 11 is 0. The molecule has 7 heteroatoms. The van der Waals surface area contributed by atoms with E-state index in [9.17, 15) is 0 Å². The van der Waals surface area contributed by atoms with Gasteiger partial charge in [0.05, 0.1) is 18.3 Å². The standard InChI is InChI=1S/C16H15N5O2/c1-10-9-18-3-5-21(10)16-20-13-8-11(17-2)7-12(14(13)23-16)15-19-4-6-22-15/h4,6-8,10,18H,3,5,9H2,1H3/t10-/m0/s1. The molecule has 116 valence electrons. The number of oxazole rings is 2. The van der Waals surface area contributed by atoms with Crippen molar-refractivity contribution < 1.29 is 8.83 Å². The second-order valence-electron chi connectivity index (χ2n) is 5.53. The Kier molecular flexibility index (Phi) is 3.24. The number of hydrogen-bond acceptors (Lipinski definition) is 6. The topological polar surface area (TPSA) is 71.7 Å². The largest absolute Gasteiger partial charge is 0.444 e. The predicted octanol–water partition coefficient (Wildman–Crippen LogP) is 2.83. The third-order valence-electron chi connectivity index (χ3n) is 4.00. The van der Waals surface area contributed by atoms with E-state index in [2.05, 4.69) is 32.0 Å². The van der Waals surface area contributed by atoms with Gasteiger partial charge in [0.15, 0.2) is 11.3 Å². The fourth-order valence-corrected chi connectivity index (χ4v) is 2.83. The Labute approximate surface area is 132 Å². The molecule has 1 aromatic carbocycles. The molecule has 23 heavy (non-hydrogen) atoms. The lowest BCUT2D eigenvalue weighted by molar-refractivity contribution is 0.456. The van der Waals surface area contributed by atoms with Crippen LogP contribution in [-0.4, -0.2) is 35.6 Å². The van der Waals surface area contributed by atoms with Crippen LogP contribution in [0.15, 0.2) is 33.4 Å². The molecule has 3 aromatic rings. The molecule has 0 spiro atoms. The summed E-state index contributed by atoms with van der Waals surface area (Å²) in [5.74, 6) is 0.427. The number of anilines is 1. The number of nitrogens with zero attached hydrogens (tertiary/aromatic N) is 4. The van der Waals surface area contributed by atoms with Crippen LogP contribution in [0.2, 0.25) is 0 Å². The molecule has 7 nitrogen and oxygen atoms in total. The maximum atomic E-state index is 7.27. The molecule has 0 aliphatic carbocycles. The van der Waals surface area contributed by atoms with Gasteiger partial charge in [-0.3, -0.25) is 0 Å². The second kappa shape index (κ2) is 5.41. The minimum absolute atomic E-state index is 0.294. The van der Waals surface area contributed by atoms with Crippen molar-refractivity contribution in [2.45, 2.75) is 13.0 Å². The average molecular weight is 309 g/mol. The summed E-state index contributed by atoms with van der Waals surface area (Å²) in [6, 6.07) is 4.32. The Morgan fingerprint density at radius 2 is 2.35 bits per heavy atom. The molecule has 1 fully saturated rings. The van der Waals surface area contributed by atoms with Crippen LogP contribution in [0.5, 0.6) is 0 Å². The number of fused-ring (bicyclic) bond motifs is 1. The van der Waals surface area contributed by atoms with Crippen LogP contribution in [0.1, 0.15) is 6.92 Å². The minimum Gasteiger partial charge on any atom is -0.444 e. The molecule has 3 heterocycles. The van der Waals surface area contributed by atoms with Gasteiger partial charge in [-0.1, -0.05) is 0 Å². The van der Waals surface area contributed by atoms with Gasteiger partial charge in [-0.2, -0.15) is 4.98 Å². The quantitative estimate of drug-likeness (QED) is 0.734. The van der Waals surface area contributed by atoms with Crippen LogP contribution >= 0.6 is 0 Å². The molecule has 0 unspecified atom stereocenters. The van der Waals surface area contributed by atoms with Crippen LogP contribution in [0.3, 0.4) is 0 Å². The summed E-state index contributed by atoms with van der Waals surface area (Å²) < 4.78 is 11.4. The van der Waals surface area contributed by atoms with E-state index >= 15 is 0 Å². The fourth-order valence-electron chi connectivity index (χ4n) is 2.83.